The fourth-order valence-corrected chi connectivity index (χ4v) is 1.43. The van der Waals surface area contributed by atoms with Gasteiger partial charge in [-0.15, -0.1) is 0 Å². The first kappa shape index (κ1) is 10.5. The van der Waals surface area contributed by atoms with Gasteiger partial charge in [-0.3, -0.25) is 4.79 Å². The van der Waals surface area contributed by atoms with Crippen LogP contribution in [-0.4, -0.2) is 6.29 Å². The Morgan fingerprint density at radius 2 is 1.94 bits per heavy atom. The van der Waals surface area contributed by atoms with Gasteiger partial charge in [0.25, 0.3) is 5.95 Å². The molecule has 0 N–H and O–H groups in total. The van der Waals surface area contributed by atoms with Gasteiger partial charge in [-0.2, -0.15) is 0 Å². The predicted molar refractivity (Wildman–Crippen MR) is 59.6 cm³/mol. The van der Waals surface area contributed by atoms with E-state index >= 15 is 0 Å². The van der Waals surface area contributed by atoms with E-state index in [-0.39, 0.29) is 11.9 Å². The summed E-state index contributed by atoms with van der Waals surface area (Å²) in [6.45, 7) is 1.93. The van der Waals surface area contributed by atoms with Crippen molar-refractivity contribution < 1.29 is 13.9 Å². The Labute approximate surface area is 93.7 Å². The maximum absolute atomic E-state index is 10.4. The van der Waals surface area contributed by atoms with Gasteiger partial charge in [0.05, 0.1) is 0 Å². The van der Waals surface area contributed by atoms with E-state index in [1.807, 2.05) is 37.3 Å². The number of carbonyl (C=O) groups is 1. The Bertz CT molecular complexity index is 459. The normalized spacial score (nSPS) is 12.1. The van der Waals surface area contributed by atoms with Crippen molar-refractivity contribution in [2.45, 2.75) is 13.0 Å². The highest BCUT2D eigenvalue weighted by atomic mass is 16.6. The van der Waals surface area contributed by atoms with Crippen molar-refractivity contribution >= 4 is 6.29 Å². The van der Waals surface area contributed by atoms with Crippen LogP contribution in [0.3, 0.4) is 0 Å². The molecular weight excluding hydrogens is 204 g/mol. The maximum Gasteiger partial charge on any atom is 0.285 e. The van der Waals surface area contributed by atoms with Crippen molar-refractivity contribution in [2.24, 2.45) is 0 Å². The van der Waals surface area contributed by atoms with Gasteiger partial charge in [0.2, 0.25) is 0 Å². The average Bonchev–Trinajstić information content (AvgIpc) is 2.78. The second kappa shape index (κ2) is 4.66. The van der Waals surface area contributed by atoms with Gasteiger partial charge in [0, 0.05) is 6.07 Å². The Morgan fingerprint density at radius 1 is 1.19 bits per heavy atom. The molecule has 0 fully saturated rings. The van der Waals surface area contributed by atoms with Gasteiger partial charge in [-0.05, 0) is 18.6 Å². The minimum absolute atomic E-state index is 0.105. The quantitative estimate of drug-likeness (QED) is 0.736. The zero-order valence-electron chi connectivity index (χ0n) is 8.92. The monoisotopic (exact) mass is 216 g/mol. The van der Waals surface area contributed by atoms with Gasteiger partial charge in [0.15, 0.2) is 12.0 Å². The molecule has 82 valence electrons. The van der Waals surface area contributed by atoms with Crippen LogP contribution in [0, 0.1) is 0 Å². The first-order chi connectivity index (χ1) is 7.79. The van der Waals surface area contributed by atoms with Crippen LogP contribution < -0.4 is 4.74 Å². The Hall–Kier alpha value is -2.03. The van der Waals surface area contributed by atoms with Gasteiger partial charge in [0.1, 0.15) is 6.10 Å². The fraction of sp³-hybridized carbons (Fsp3) is 0.154. The molecular formula is C13H12O3. The molecule has 0 radical (unpaired) electrons. The molecule has 0 aliphatic heterocycles. The summed E-state index contributed by atoms with van der Waals surface area (Å²) in [6.07, 6.45) is 0.548. The zero-order valence-corrected chi connectivity index (χ0v) is 8.92. The summed E-state index contributed by atoms with van der Waals surface area (Å²) in [4.78, 5) is 10.4. The van der Waals surface area contributed by atoms with Crippen LogP contribution in [0.1, 0.15) is 29.1 Å². The molecule has 0 saturated heterocycles. The minimum Gasteiger partial charge on any atom is -0.457 e. The molecule has 1 aromatic carbocycles. The molecule has 0 saturated carbocycles. The van der Waals surface area contributed by atoms with Crippen LogP contribution in [0.25, 0.3) is 0 Å². The Balaban J connectivity index is 2.07. The SMILES string of the molecule is CC(Oc1ccc(C=O)o1)c1ccccc1. The van der Waals surface area contributed by atoms with E-state index in [9.17, 15) is 4.79 Å². The standard InChI is InChI=1S/C13H12O3/c1-10(11-5-3-2-4-6-11)15-13-8-7-12(9-14)16-13/h2-10H,1H3. The minimum atomic E-state index is -0.105. The summed E-state index contributed by atoms with van der Waals surface area (Å²) in [6, 6.07) is 13.0. The summed E-state index contributed by atoms with van der Waals surface area (Å²) in [5.41, 5.74) is 1.06. The van der Waals surface area contributed by atoms with Crippen molar-refractivity contribution in [1.82, 2.24) is 0 Å². The van der Waals surface area contributed by atoms with Gasteiger partial charge in [-0.1, -0.05) is 30.3 Å². The van der Waals surface area contributed by atoms with E-state index in [1.54, 1.807) is 12.1 Å². The third-order valence-corrected chi connectivity index (χ3v) is 2.28. The second-order valence-corrected chi connectivity index (χ2v) is 3.45. The molecule has 0 bridgehead atoms. The third-order valence-electron chi connectivity index (χ3n) is 2.28. The van der Waals surface area contributed by atoms with Crippen LogP contribution in [0.5, 0.6) is 5.95 Å². The molecule has 1 heterocycles. The first-order valence-corrected chi connectivity index (χ1v) is 5.06. The number of hydrogen-bond donors (Lipinski definition) is 0. The predicted octanol–water partition coefficient (Wildman–Crippen LogP) is 3.23. The highest BCUT2D eigenvalue weighted by molar-refractivity contribution is 5.70. The van der Waals surface area contributed by atoms with Gasteiger partial charge in [-0.25, -0.2) is 0 Å². The van der Waals surface area contributed by atoms with Crippen LogP contribution in [0.4, 0.5) is 0 Å². The number of carbonyl (C=O) groups excluding carboxylic acids is 1. The number of ether oxygens (including phenoxy) is 1. The van der Waals surface area contributed by atoms with Gasteiger partial charge < -0.3 is 9.15 Å². The maximum atomic E-state index is 10.4. The van der Waals surface area contributed by atoms with E-state index in [2.05, 4.69) is 0 Å². The fourth-order valence-electron chi connectivity index (χ4n) is 1.43. The van der Waals surface area contributed by atoms with Crippen LogP contribution >= 0.6 is 0 Å². The molecule has 3 nitrogen and oxygen atoms in total. The van der Waals surface area contributed by atoms with E-state index in [4.69, 9.17) is 9.15 Å². The lowest BCUT2D eigenvalue weighted by Crippen LogP contribution is -2.01. The molecule has 1 unspecified atom stereocenters. The molecule has 16 heavy (non-hydrogen) atoms. The second-order valence-electron chi connectivity index (χ2n) is 3.45. The summed E-state index contributed by atoms with van der Waals surface area (Å²) in [7, 11) is 0. The Kier molecular flexibility index (Phi) is 3.05. The topological polar surface area (TPSA) is 39.4 Å². The van der Waals surface area contributed by atoms with Crippen molar-refractivity contribution in [3.05, 3.63) is 53.8 Å². The summed E-state index contributed by atoms with van der Waals surface area (Å²) >= 11 is 0. The van der Waals surface area contributed by atoms with Crippen molar-refractivity contribution in [1.29, 1.82) is 0 Å². The van der Waals surface area contributed by atoms with Crippen LogP contribution in [-0.2, 0) is 0 Å². The highest BCUT2D eigenvalue weighted by Crippen LogP contribution is 2.22. The molecule has 1 aromatic heterocycles. The summed E-state index contributed by atoms with van der Waals surface area (Å²) in [5.74, 6) is 0.633. The summed E-state index contributed by atoms with van der Waals surface area (Å²) < 4.78 is 10.7. The van der Waals surface area contributed by atoms with Crippen molar-refractivity contribution in [2.75, 3.05) is 0 Å². The number of rotatable bonds is 4. The van der Waals surface area contributed by atoms with E-state index in [0.29, 0.717) is 12.2 Å². The highest BCUT2D eigenvalue weighted by Gasteiger charge is 2.09. The lowest BCUT2D eigenvalue weighted by Gasteiger charge is -2.12. The molecule has 1 atom stereocenters. The molecule has 3 heteroatoms. The van der Waals surface area contributed by atoms with Gasteiger partial charge >= 0.3 is 0 Å². The van der Waals surface area contributed by atoms with E-state index in [0.717, 1.165) is 5.56 Å². The molecule has 2 rings (SSSR count). The lowest BCUT2D eigenvalue weighted by atomic mass is 10.1. The first-order valence-electron chi connectivity index (χ1n) is 5.06. The third kappa shape index (κ3) is 2.31. The van der Waals surface area contributed by atoms with E-state index < -0.39 is 0 Å². The van der Waals surface area contributed by atoms with Crippen LogP contribution in [0.15, 0.2) is 46.9 Å². The Morgan fingerprint density at radius 3 is 2.56 bits per heavy atom. The van der Waals surface area contributed by atoms with E-state index in [1.165, 1.54) is 0 Å². The smallest absolute Gasteiger partial charge is 0.285 e. The molecule has 0 aliphatic rings. The zero-order chi connectivity index (χ0) is 11.4. The van der Waals surface area contributed by atoms with Crippen molar-refractivity contribution in [3.8, 4) is 5.95 Å². The number of aldehydes is 1. The van der Waals surface area contributed by atoms with Crippen LogP contribution in [0.2, 0.25) is 0 Å². The molecule has 0 amide bonds. The molecule has 2 aromatic rings. The largest absolute Gasteiger partial charge is 0.457 e. The molecule has 0 aliphatic carbocycles. The average molecular weight is 216 g/mol. The van der Waals surface area contributed by atoms with Crippen molar-refractivity contribution in [3.63, 3.8) is 0 Å². The number of furan rings is 1. The molecule has 0 spiro atoms. The number of hydrogen-bond acceptors (Lipinski definition) is 3. The summed E-state index contributed by atoms with van der Waals surface area (Å²) in [5, 5.41) is 0. The number of benzene rings is 1. The lowest BCUT2D eigenvalue weighted by molar-refractivity contribution is 0.108.